The smallest absolute Gasteiger partial charge is 0.321 e. The maximum absolute atomic E-state index is 11.6. The van der Waals surface area contributed by atoms with Crippen LogP contribution in [0.25, 0.3) is 0 Å². The molecule has 5 nitrogen and oxygen atoms in total. The lowest BCUT2D eigenvalue weighted by Gasteiger charge is -2.38. The molecule has 0 radical (unpaired) electrons. The first-order valence-corrected chi connectivity index (χ1v) is 8.54. The van der Waals surface area contributed by atoms with Gasteiger partial charge in [0.15, 0.2) is 9.84 Å². The molecule has 1 unspecified atom stereocenters. The largest absolute Gasteiger partial charge is 0.480 e. The Labute approximate surface area is 118 Å². The van der Waals surface area contributed by atoms with E-state index in [4.69, 9.17) is 0 Å². The van der Waals surface area contributed by atoms with Crippen molar-refractivity contribution in [2.24, 2.45) is 0 Å². The molecule has 2 heterocycles. The number of carboxylic acids is 1. The van der Waals surface area contributed by atoms with E-state index in [2.05, 4.69) is 0 Å². The summed E-state index contributed by atoms with van der Waals surface area (Å²) in [5, 5.41) is 9.43. The lowest BCUT2D eigenvalue weighted by molar-refractivity contribution is -0.144. The Hall–Kier alpha value is -1.40. The molecule has 1 N–H and O–H groups in total. The van der Waals surface area contributed by atoms with Gasteiger partial charge in [0, 0.05) is 12.6 Å². The highest BCUT2D eigenvalue weighted by molar-refractivity contribution is 7.91. The number of hydrogen-bond acceptors (Lipinski definition) is 4. The second-order valence-corrected chi connectivity index (χ2v) is 7.78. The van der Waals surface area contributed by atoms with Crippen molar-refractivity contribution in [3.8, 4) is 0 Å². The normalized spacial score (nSPS) is 29.0. The average Bonchev–Trinajstić information content (AvgIpc) is 2.77. The van der Waals surface area contributed by atoms with Gasteiger partial charge in [0.2, 0.25) is 0 Å². The summed E-state index contributed by atoms with van der Waals surface area (Å²) < 4.78 is 23.3. The second kappa shape index (κ2) is 4.86. The molecule has 1 aromatic rings. The molecule has 1 aromatic carbocycles. The Morgan fingerprint density at radius 2 is 1.95 bits per heavy atom. The zero-order valence-electron chi connectivity index (χ0n) is 11.0. The van der Waals surface area contributed by atoms with Crippen LogP contribution < -0.4 is 0 Å². The number of rotatable bonds is 2. The molecule has 2 atom stereocenters. The molecule has 20 heavy (non-hydrogen) atoms. The monoisotopic (exact) mass is 295 g/mol. The van der Waals surface area contributed by atoms with Gasteiger partial charge in [-0.3, -0.25) is 9.69 Å². The molecular formula is C14H17NO4S. The Bertz CT molecular complexity index is 640. The number of carboxylic acid groups (broad SMARTS) is 1. The van der Waals surface area contributed by atoms with Crippen LogP contribution in [0.2, 0.25) is 0 Å². The Kier molecular flexibility index (Phi) is 3.30. The number of benzene rings is 1. The molecule has 0 bridgehead atoms. The van der Waals surface area contributed by atoms with E-state index in [9.17, 15) is 18.3 Å². The van der Waals surface area contributed by atoms with Gasteiger partial charge in [-0.2, -0.15) is 0 Å². The molecule has 0 aliphatic carbocycles. The molecule has 0 saturated carbocycles. The van der Waals surface area contributed by atoms with Crippen molar-refractivity contribution < 1.29 is 18.3 Å². The summed E-state index contributed by atoms with van der Waals surface area (Å²) in [5.74, 6) is -0.620. The van der Waals surface area contributed by atoms with Crippen LogP contribution in [0.3, 0.4) is 0 Å². The van der Waals surface area contributed by atoms with Gasteiger partial charge in [-0.15, -0.1) is 0 Å². The third kappa shape index (κ3) is 2.45. The van der Waals surface area contributed by atoms with Crippen molar-refractivity contribution >= 4 is 15.8 Å². The van der Waals surface area contributed by atoms with Crippen LogP contribution >= 0.6 is 0 Å². The van der Waals surface area contributed by atoms with Crippen LogP contribution in [0, 0.1) is 0 Å². The van der Waals surface area contributed by atoms with E-state index in [1.54, 1.807) is 0 Å². The quantitative estimate of drug-likeness (QED) is 0.868. The summed E-state index contributed by atoms with van der Waals surface area (Å²) >= 11 is 0. The minimum atomic E-state index is -3.01. The minimum absolute atomic E-state index is 0.0823. The first kappa shape index (κ1) is 13.6. The van der Waals surface area contributed by atoms with Crippen molar-refractivity contribution in [2.75, 3.05) is 11.5 Å². The zero-order valence-corrected chi connectivity index (χ0v) is 11.8. The Morgan fingerprint density at radius 3 is 2.55 bits per heavy atom. The van der Waals surface area contributed by atoms with E-state index in [1.807, 2.05) is 29.2 Å². The summed E-state index contributed by atoms with van der Waals surface area (Å²) in [5.41, 5.74) is 2.16. The van der Waals surface area contributed by atoms with Gasteiger partial charge in [0.25, 0.3) is 0 Å². The summed E-state index contributed by atoms with van der Waals surface area (Å²) in [4.78, 5) is 13.4. The second-order valence-electron chi connectivity index (χ2n) is 5.56. The molecule has 3 rings (SSSR count). The summed E-state index contributed by atoms with van der Waals surface area (Å²) in [6.45, 7) is 0.521. The van der Waals surface area contributed by atoms with E-state index in [-0.39, 0.29) is 17.5 Å². The Morgan fingerprint density at radius 1 is 1.25 bits per heavy atom. The van der Waals surface area contributed by atoms with Gasteiger partial charge in [-0.1, -0.05) is 24.3 Å². The molecular weight excluding hydrogens is 278 g/mol. The lowest BCUT2D eigenvalue weighted by atomic mass is 9.92. The van der Waals surface area contributed by atoms with E-state index in [0.717, 1.165) is 11.1 Å². The van der Waals surface area contributed by atoms with Crippen LogP contribution in [-0.4, -0.2) is 48.0 Å². The molecule has 0 spiro atoms. The van der Waals surface area contributed by atoms with E-state index >= 15 is 0 Å². The van der Waals surface area contributed by atoms with Crippen LogP contribution in [0.5, 0.6) is 0 Å². The molecule has 0 amide bonds. The molecule has 1 saturated heterocycles. The maximum Gasteiger partial charge on any atom is 0.321 e. The lowest BCUT2D eigenvalue weighted by Crippen LogP contribution is -2.51. The highest BCUT2D eigenvalue weighted by Gasteiger charge is 2.40. The van der Waals surface area contributed by atoms with Gasteiger partial charge >= 0.3 is 5.97 Å². The standard InChI is InChI=1S/C14H17NO4S/c16-14(17)13-7-10-3-1-2-4-11(10)8-15(13)12-5-6-20(18,19)9-12/h1-4,12-13H,5-9H2,(H,16,17)/t12?,13-/m0/s1. The highest BCUT2D eigenvalue weighted by Crippen LogP contribution is 2.29. The molecule has 108 valence electrons. The van der Waals surface area contributed by atoms with Gasteiger partial charge in [-0.05, 0) is 24.0 Å². The van der Waals surface area contributed by atoms with E-state index < -0.39 is 21.8 Å². The van der Waals surface area contributed by atoms with Crippen molar-refractivity contribution in [1.29, 1.82) is 0 Å². The first-order chi connectivity index (χ1) is 9.46. The fourth-order valence-electron chi connectivity index (χ4n) is 3.19. The van der Waals surface area contributed by atoms with Crippen LogP contribution in [0.1, 0.15) is 17.5 Å². The van der Waals surface area contributed by atoms with Crippen molar-refractivity contribution in [2.45, 2.75) is 31.5 Å². The number of aliphatic carboxylic acids is 1. The molecule has 6 heteroatoms. The average molecular weight is 295 g/mol. The zero-order chi connectivity index (χ0) is 14.3. The number of sulfone groups is 1. The van der Waals surface area contributed by atoms with Crippen LogP contribution in [-0.2, 0) is 27.6 Å². The highest BCUT2D eigenvalue weighted by atomic mass is 32.2. The van der Waals surface area contributed by atoms with E-state index in [1.165, 1.54) is 0 Å². The van der Waals surface area contributed by atoms with Gasteiger partial charge in [0.05, 0.1) is 11.5 Å². The number of nitrogens with zero attached hydrogens (tertiary/aromatic N) is 1. The van der Waals surface area contributed by atoms with Gasteiger partial charge < -0.3 is 5.11 Å². The minimum Gasteiger partial charge on any atom is -0.480 e. The fraction of sp³-hybridized carbons (Fsp3) is 0.500. The van der Waals surface area contributed by atoms with Gasteiger partial charge in [-0.25, -0.2) is 8.42 Å². The van der Waals surface area contributed by atoms with E-state index in [0.29, 0.717) is 19.4 Å². The van der Waals surface area contributed by atoms with Crippen LogP contribution in [0.4, 0.5) is 0 Å². The topological polar surface area (TPSA) is 74.7 Å². The molecule has 2 aliphatic heterocycles. The first-order valence-electron chi connectivity index (χ1n) is 6.72. The maximum atomic E-state index is 11.6. The fourth-order valence-corrected chi connectivity index (χ4v) is 4.94. The molecule has 1 fully saturated rings. The summed E-state index contributed by atoms with van der Waals surface area (Å²) in [6.07, 6.45) is 0.982. The third-order valence-corrected chi connectivity index (χ3v) is 6.00. The predicted octanol–water partition coefficient (Wildman–Crippen LogP) is 0.685. The van der Waals surface area contributed by atoms with Crippen molar-refractivity contribution in [3.05, 3.63) is 35.4 Å². The predicted molar refractivity (Wildman–Crippen MR) is 74.2 cm³/mol. The third-order valence-electron chi connectivity index (χ3n) is 4.25. The number of hydrogen-bond donors (Lipinski definition) is 1. The molecule has 0 aromatic heterocycles. The summed E-state index contributed by atoms with van der Waals surface area (Å²) in [6, 6.07) is 6.99. The van der Waals surface area contributed by atoms with Crippen molar-refractivity contribution in [3.63, 3.8) is 0 Å². The Balaban J connectivity index is 1.91. The van der Waals surface area contributed by atoms with Gasteiger partial charge in [0.1, 0.15) is 6.04 Å². The SMILES string of the molecule is O=C(O)[C@@H]1Cc2ccccc2CN1C1CCS(=O)(=O)C1. The number of carbonyl (C=O) groups is 1. The van der Waals surface area contributed by atoms with Crippen LogP contribution in [0.15, 0.2) is 24.3 Å². The molecule has 2 aliphatic rings. The summed E-state index contributed by atoms with van der Waals surface area (Å²) in [7, 11) is -3.01. The van der Waals surface area contributed by atoms with Crippen molar-refractivity contribution in [1.82, 2.24) is 4.90 Å². The number of fused-ring (bicyclic) bond motifs is 1.